The average Bonchev–Trinajstić information content (AvgIpc) is 2.45. The number of nitrogens with zero attached hydrogens (tertiary/aromatic N) is 1. The molecule has 3 nitrogen and oxygen atoms in total. The number of halogens is 3. The van der Waals surface area contributed by atoms with Crippen LogP contribution in [-0.2, 0) is 19.3 Å². The van der Waals surface area contributed by atoms with Gasteiger partial charge >= 0.3 is 6.30 Å². The highest BCUT2D eigenvalue weighted by molar-refractivity contribution is 5.16. The Morgan fingerprint density at radius 2 is 2.15 bits per heavy atom. The summed E-state index contributed by atoms with van der Waals surface area (Å²) in [4.78, 5) is 0. The van der Waals surface area contributed by atoms with E-state index in [1.54, 1.807) is 0 Å². The molecule has 1 aliphatic rings. The minimum absolute atomic E-state index is 0.199. The highest BCUT2D eigenvalue weighted by Gasteiger charge is 2.44. The molecular weight excluding hydrogens is 183 g/mol. The summed E-state index contributed by atoms with van der Waals surface area (Å²) in [5.74, 6) is 0. The van der Waals surface area contributed by atoms with E-state index < -0.39 is 6.30 Å². The molecule has 2 heterocycles. The molecule has 1 aliphatic heterocycles. The molecule has 0 spiro atoms. The van der Waals surface area contributed by atoms with E-state index in [0.29, 0.717) is 24.2 Å². The molecule has 1 aromatic rings. The van der Waals surface area contributed by atoms with Gasteiger partial charge in [-0.1, -0.05) is 0 Å². The molecule has 2 rings (SSSR count). The van der Waals surface area contributed by atoms with E-state index >= 15 is 0 Å². The Kier molecular flexibility index (Phi) is 1.80. The van der Waals surface area contributed by atoms with Gasteiger partial charge < -0.3 is 5.32 Å². The second-order valence-corrected chi connectivity index (χ2v) is 3.01. The van der Waals surface area contributed by atoms with Gasteiger partial charge in [0.2, 0.25) is 6.20 Å². The number of aromatic amines is 1. The molecule has 0 amide bonds. The predicted molar refractivity (Wildman–Crippen MR) is 37.7 cm³/mol. The Bertz CT molecular complexity index is 292. The maximum Gasteiger partial charge on any atom is 0.660 e. The summed E-state index contributed by atoms with van der Waals surface area (Å²) in [6.45, 7) is 1.24. The van der Waals surface area contributed by atoms with Crippen LogP contribution in [0.25, 0.3) is 0 Å². The maximum atomic E-state index is 12.2. The number of H-pyrrole nitrogens is 1. The first-order valence-corrected chi connectivity index (χ1v) is 3.98. The lowest BCUT2D eigenvalue weighted by atomic mass is 10.1. The van der Waals surface area contributed by atoms with Gasteiger partial charge in [-0.05, 0) is 4.68 Å². The molecule has 0 fully saturated rings. The van der Waals surface area contributed by atoms with Gasteiger partial charge in [-0.15, -0.1) is 13.2 Å². The van der Waals surface area contributed by atoms with Crippen molar-refractivity contribution >= 4 is 0 Å². The second-order valence-electron chi connectivity index (χ2n) is 3.01. The molecule has 0 bridgehead atoms. The van der Waals surface area contributed by atoms with Crippen LogP contribution in [0.1, 0.15) is 11.3 Å². The molecular formula is C7H9F3N3+. The van der Waals surface area contributed by atoms with Gasteiger partial charge in [0.1, 0.15) is 0 Å². The summed E-state index contributed by atoms with van der Waals surface area (Å²) in [6.07, 6.45) is -2.61. The number of aromatic nitrogens is 2. The first-order valence-electron chi connectivity index (χ1n) is 3.98. The smallest absolute Gasteiger partial charge is 0.312 e. The highest BCUT2D eigenvalue weighted by atomic mass is 19.4. The predicted octanol–water partition coefficient (Wildman–Crippen LogP) is 0.424. The number of fused-ring (bicyclic) bond motifs is 1. The monoisotopic (exact) mass is 192 g/mol. The summed E-state index contributed by atoms with van der Waals surface area (Å²) >= 11 is 0. The van der Waals surface area contributed by atoms with Crippen LogP contribution >= 0.6 is 0 Å². The van der Waals surface area contributed by atoms with Gasteiger partial charge in [0.05, 0.1) is 11.3 Å². The summed E-state index contributed by atoms with van der Waals surface area (Å²) in [5, 5.41) is 5.33. The molecule has 0 unspecified atom stereocenters. The number of rotatable bonds is 0. The molecule has 13 heavy (non-hydrogen) atoms. The van der Waals surface area contributed by atoms with Crippen molar-refractivity contribution in [1.29, 1.82) is 0 Å². The van der Waals surface area contributed by atoms with Crippen molar-refractivity contribution in [2.75, 3.05) is 6.54 Å². The van der Waals surface area contributed by atoms with Crippen molar-refractivity contribution < 1.29 is 17.9 Å². The second kappa shape index (κ2) is 2.73. The van der Waals surface area contributed by atoms with E-state index in [4.69, 9.17) is 0 Å². The average molecular weight is 192 g/mol. The third-order valence-corrected chi connectivity index (χ3v) is 2.07. The molecule has 6 heteroatoms. The number of alkyl halides is 3. The van der Waals surface area contributed by atoms with Crippen molar-refractivity contribution in [1.82, 2.24) is 10.4 Å². The number of hydrogen-bond acceptors (Lipinski definition) is 1. The molecule has 72 valence electrons. The van der Waals surface area contributed by atoms with Gasteiger partial charge in [0.25, 0.3) is 0 Å². The van der Waals surface area contributed by atoms with E-state index in [-0.39, 0.29) is 4.68 Å². The van der Waals surface area contributed by atoms with Crippen LogP contribution in [0.4, 0.5) is 13.2 Å². The Hall–Kier alpha value is -1.04. The minimum atomic E-state index is -4.34. The van der Waals surface area contributed by atoms with Crippen molar-refractivity contribution in [3.63, 3.8) is 0 Å². The van der Waals surface area contributed by atoms with Crippen molar-refractivity contribution in [3.05, 3.63) is 17.5 Å². The van der Waals surface area contributed by atoms with E-state index in [2.05, 4.69) is 10.4 Å². The number of hydrogen-bond donors (Lipinski definition) is 2. The standard InChI is InChI=1S/C7H8F3N3/c8-7(9,10)13-4-5-3-11-2-1-6(5)12-13/h4,11H,1-3H2/p+1. The molecule has 1 aromatic heterocycles. The Balaban J connectivity index is 2.36. The van der Waals surface area contributed by atoms with E-state index in [1.807, 2.05) is 0 Å². The van der Waals surface area contributed by atoms with Crippen molar-refractivity contribution in [3.8, 4) is 0 Å². The number of nitrogens with one attached hydrogen (secondary N) is 2. The first kappa shape index (κ1) is 8.55. The summed E-state index contributed by atoms with van der Waals surface area (Å²) in [7, 11) is 0. The fourth-order valence-electron chi connectivity index (χ4n) is 1.43. The van der Waals surface area contributed by atoms with Crippen LogP contribution in [0.15, 0.2) is 6.20 Å². The van der Waals surface area contributed by atoms with Gasteiger partial charge in [-0.2, -0.15) is 5.10 Å². The van der Waals surface area contributed by atoms with Gasteiger partial charge in [0, 0.05) is 19.5 Å². The van der Waals surface area contributed by atoms with Gasteiger partial charge in [-0.3, -0.25) is 0 Å². The van der Waals surface area contributed by atoms with Crippen LogP contribution in [-0.4, -0.2) is 11.6 Å². The molecule has 0 atom stereocenters. The molecule has 0 radical (unpaired) electrons. The third kappa shape index (κ3) is 1.53. The van der Waals surface area contributed by atoms with Crippen LogP contribution in [0, 0.1) is 0 Å². The van der Waals surface area contributed by atoms with Gasteiger partial charge in [-0.25, -0.2) is 0 Å². The van der Waals surface area contributed by atoms with E-state index in [9.17, 15) is 13.2 Å². The first-order chi connectivity index (χ1) is 6.07. The SMILES string of the molecule is FC(F)(F)[n+]1cc2c([nH]1)CCNC2. The zero-order valence-electron chi connectivity index (χ0n) is 6.78. The van der Waals surface area contributed by atoms with E-state index in [0.717, 1.165) is 12.7 Å². The Morgan fingerprint density at radius 1 is 1.38 bits per heavy atom. The minimum Gasteiger partial charge on any atom is -0.312 e. The lowest BCUT2D eigenvalue weighted by Crippen LogP contribution is -2.48. The maximum absolute atomic E-state index is 12.2. The fourth-order valence-corrected chi connectivity index (χ4v) is 1.43. The molecule has 2 N–H and O–H groups in total. The van der Waals surface area contributed by atoms with E-state index in [1.165, 1.54) is 0 Å². The summed E-state index contributed by atoms with van der Waals surface area (Å²) in [6, 6.07) is 0. The molecule has 0 saturated heterocycles. The topological polar surface area (TPSA) is 31.7 Å². The van der Waals surface area contributed by atoms with Crippen LogP contribution in [0.5, 0.6) is 0 Å². The van der Waals surface area contributed by atoms with Gasteiger partial charge in [0.15, 0.2) is 0 Å². The zero-order chi connectivity index (χ0) is 9.47. The molecule has 0 saturated carbocycles. The normalized spacial score (nSPS) is 17.2. The third-order valence-electron chi connectivity index (χ3n) is 2.07. The largest absolute Gasteiger partial charge is 0.660 e. The lowest BCUT2D eigenvalue weighted by Gasteiger charge is -2.07. The molecule has 0 aromatic carbocycles. The highest BCUT2D eigenvalue weighted by Crippen LogP contribution is 2.16. The fraction of sp³-hybridized carbons (Fsp3) is 0.571. The van der Waals surface area contributed by atoms with Crippen LogP contribution < -0.4 is 10.00 Å². The zero-order valence-corrected chi connectivity index (χ0v) is 6.78. The Morgan fingerprint density at radius 3 is 2.77 bits per heavy atom. The van der Waals surface area contributed by atoms with Crippen LogP contribution in [0.2, 0.25) is 0 Å². The van der Waals surface area contributed by atoms with Crippen molar-refractivity contribution in [2.24, 2.45) is 0 Å². The van der Waals surface area contributed by atoms with Crippen LogP contribution in [0.3, 0.4) is 0 Å². The Labute approximate surface area is 72.5 Å². The summed E-state index contributed by atoms with van der Waals surface area (Å²) in [5.41, 5.74) is 1.37. The van der Waals surface area contributed by atoms with Crippen molar-refractivity contribution in [2.45, 2.75) is 19.3 Å². The molecule has 0 aliphatic carbocycles. The summed E-state index contributed by atoms with van der Waals surface area (Å²) < 4.78 is 36.8. The quantitative estimate of drug-likeness (QED) is 0.574. The lowest BCUT2D eigenvalue weighted by molar-refractivity contribution is -0.893.